The number of hydrogen-bond acceptors (Lipinski definition) is 8. The first-order valence-electron chi connectivity index (χ1n) is 12.9. The van der Waals surface area contributed by atoms with Gasteiger partial charge in [0.25, 0.3) is 11.8 Å². The lowest BCUT2D eigenvalue weighted by Gasteiger charge is -2.09. The van der Waals surface area contributed by atoms with Crippen LogP contribution in [0.3, 0.4) is 0 Å². The zero-order chi connectivity index (χ0) is 30.1. The topological polar surface area (TPSA) is 123 Å². The predicted molar refractivity (Wildman–Crippen MR) is 166 cm³/mol. The minimum absolute atomic E-state index is 0.0258. The van der Waals surface area contributed by atoms with Crippen molar-refractivity contribution in [2.75, 3.05) is 35.4 Å². The first-order chi connectivity index (χ1) is 20.3. The molecule has 42 heavy (non-hydrogen) atoms. The molecule has 0 aliphatic rings. The summed E-state index contributed by atoms with van der Waals surface area (Å²) >= 11 is 2.28. The highest BCUT2D eigenvalue weighted by Gasteiger charge is 2.27. The minimum atomic E-state index is -0.618. The average molecular weight is 604 g/mol. The number of thioether (sulfide) groups is 1. The predicted octanol–water partition coefficient (Wildman–Crippen LogP) is 6.48. The molecule has 0 aliphatic heterocycles. The Balaban J connectivity index is 1.43. The molecular weight excluding hydrogens is 574 g/mol. The molecule has 3 amide bonds. The van der Waals surface area contributed by atoms with Crippen LogP contribution >= 0.6 is 23.1 Å². The van der Waals surface area contributed by atoms with Gasteiger partial charge in [-0.25, -0.2) is 4.79 Å². The third-order valence-electron chi connectivity index (χ3n) is 5.91. The van der Waals surface area contributed by atoms with E-state index in [0.717, 1.165) is 16.2 Å². The van der Waals surface area contributed by atoms with Gasteiger partial charge in [-0.05, 0) is 67.9 Å². The quantitative estimate of drug-likeness (QED) is 0.133. The molecule has 0 saturated carbocycles. The molecule has 0 fully saturated rings. The van der Waals surface area contributed by atoms with Gasteiger partial charge in [0, 0.05) is 21.8 Å². The van der Waals surface area contributed by atoms with Gasteiger partial charge in [0.2, 0.25) is 5.91 Å². The number of benzene rings is 3. The number of rotatable bonds is 11. The van der Waals surface area contributed by atoms with Gasteiger partial charge >= 0.3 is 5.97 Å². The first kappa shape index (κ1) is 30.4. The van der Waals surface area contributed by atoms with Crippen LogP contribution in [0.5, 0.6) is 5.75 Å². The number of ether oxygens (including phenoxy) is 2. The van der Waals surface area contributed by atoms with E-state index in [9.17, 15) is 19.2 Å². The number of hydrogen-bond donors (Lipinski definition) is 3. The Morgan fingerprint density at radius 1 is 0.833 bits per heavy atom. The molecular formula is C31H29N3O6S2. The zero-order valence-electron chi connectivity index (χ0n) is 23.2. The highest BCUT2D eigenvalue weighted by Crippen LogP contribution is 2.35. The van der Waals surface area contributed by atoms with E-state index in [2.05, 4.69) is 16.0 Å². The molecule has 3 aromatic carbocycles. The van der Waals surface area contributed by atoms with Crippen LogP contribution in [0.4, 0.5) is 16.4 Å². The summed E-state index contributed by atoms with van der Waals surface area (Å²) in [6.45, 7) is 3.48. The van der Waals surface area contributed by atoms with Crippen molar-refractivity contribution in [2.45, 2.75) is 18.7 Å². The maximum absolute atomic E-state index is 13.0. The fourth-order valence-electron chi connectivity index (χ4n) is 3.92. The van der Waals surface area contributed by atoms with Gasteiger partial charge in [0.05, 0.1) is 29.9 Å². The molecule has 3 N–H and O–H groups in total. The average Bonchev–Trinajstić information content (AvgIpc) is 3.32. The molecule has 0 saturated heterocycles. The van der Waals surface area contributed by atoms with Crippen LogP contribution in [0, 0.1) is 6.92 Å². The van der Waals surface area contributed by atoms with E-state index < -0.39 is 11.9 Å². The molecule has 9 nitrogen and oxygen atoms in total. The molecule has 4 rings (SSSR count). The highest BCUT2D eigenvalue weighted by molar-refractivity contribution is 8.00. The van der Waals surface area contributed by atoms with E-state index >= 15 is 0 Å². The Kier molecular flexibility index (Phi) is 10.4. The van der Waals surface area contributed by atoms with Gasteiger partial charge < -0.3 is 25.4 Å². The van der Waals surface area contributed by atoms with Crippen LogP contribution < -0.4 is 20.7 Å². The number of methoxy groups -OCH3 is 1. The lowest BCUT2D eigenvalue weighted by molar-refractivity contribution is -0.113. The fourth-order valence-corrected chi connectivity index (χ4v) is 5.78. The summed E-state index contributed by atoms with van der Waals surface area (Å²) < 4.78 is 10.4. The van der Waals surface area contributed by atoms with Crippen molar-refractivity contribution in [3.05, 3.63) is 100 Å². The molecule has 0 unspecified atom stereocenters. The Hall–Kier alpha value is -4.61. The summed E-state index contributed by atoms with van der Waals surface area (Å²) in [5.74, 6) is -1.07. The third kappa shape index (κ3) is 7.77. The standard InChI is InChI=1S/C31H29N3O6S2/c1-4-40-31(38)26-19(2)27(29(37)32-21-11-6-5-7-12-21)42-30(26)34-25(35)18-41-24-15-9-13-22(17-24)33-28(36)20-10-8-14-23(16-20)39-3/h5-17H,4,18H2,1-3H3,(H,32,37)(H,33,36)(H,34,35). The van der Waals surface area contributed by atoms with Crippen LogP contribution in [0.1, 0.15) is 42.9 Å². The van der Waals surface area contributed by atoms with E-state index in [1.807, 2.05) is 12.1 Å². The summed E-state index contributed by atoms with van der Waals surface area (Å²) in [4.78, 5) is 52.4. The van der Waals surface area contributed by atoms with E-state index in [1.54, 1.807) is 80.6 Å². The van der Waals surface area contributed by atoms with Crippen molar-refractivity contribution in [3.8, 4) is 5.75 Å². The zero-order valence-corrected chi connectivity index (χ0v) is 24.8. The van der Waals surface area contributed by atoms with Crippen molar-refractivity contribution in [1.29, 1.82) is 0 Å². The van der Waals surface area contributed by atoms with Crippen LogP contribution in [0.2, 0.25) is 0 Å². The summed E-state index contributed by atoms with van der Waals surface area (Å²) in [6, 6.07) is 22.9. The highest BCUT2D eigenvalue weighted by atomic mass is 32.2. The Labute approximate surface area is 251 Å². The molecule has 4 aromatic rings. The number of amides is 3. The van der Waals surface area contributed by atoms with E-state index in [-0.39, 0.29) is 34.7 Å². The van der Waals surface area contributed by atoms with Crippen molar-refractivity contribution in [1.82, 2.24) is 0 Å². The second kappa shape index (κ2) is 14.3. The summed E-state index contributed by atoms with van der Waals surface area (Å²) in [7, 11) is 1.53. The number of carbonyl (C=O) groups excluding carboxylic acids is 4. The molecule has 0 spiro atoms. The summed E-state index contributed by atoms with van der Waals surface area (Å²) in [5, 5.41) is 8.68. The van der Waals surface area contributed by atoms with Gasteiger partial charge in [0.15, 0.2) is 0 Å². The van der Waals surface area contributed by atoms with Gasteiger partial charge in [0.1, 0.15) is 10.8 Å². The Morgan fingerprint density at radius 2 is 1.55 bits per heavy atom. The van der Waals surface area contributed by atoms with Gasteiger partial charge in [-0.2, -0.15) is 0 Å². The number of anilines is 3. The van der Waals surface area contributed by atoms with Gasteiger partial charge in [-0.15, -0.1) is 23.1 Å². The maximum Gasteiger partial charge on any atom is 0.341 e. The second-order valence-corrected chi connectivity index (χ2v) is 10.9. The number of para-hydroxylation sites is 1. The molecule has 216 valence electrons. The van der Waals surface area contributed by atoms with Crippen LogP contribution in [-0.2, 0) is 9.53 Å². The van der Waals surface area contributed by atoms with Crippen LogP contribution in [0.25, 0.3) is 0 Å². The second-order valence-electron chi connectivity index (χ2n) is 8.85. The number of esters is 1. The molecule has 1 aromatic heterocycles. The normalized spacial score (nSPS) is 10.5. The Morgan fingerprint density at radius 3 is 2.29 bits per heavy atom. The lowest BCUT2D eigenvalue weighted by atomic mass is 10.1. The van der Waals surface area contributed by atoms with Gasteiger partial charge in [-0.3, -0.25) is 14.4 Å². The Bertz CT molecular complexity index is 1600. The van der Waals surface area contributed by atoms with Gasteiger partial charge in [-0.1, -0.05) is 30.3 Å². The third-order valence-corrected chi connectivity index (χ3v) is 8.11. The minimum Gasteiger partial charge on any atom is -0.497 e. The van der Waals surface area contributed by atoms with E-state index in [0.29, 0.717) is 33.1 Å². The van der Waals surface area contributed by atoms with Crippen LogP contribution in [-0.4, -0.2) is 43.2 Å². The fraction of sp³-hybridized carbons (Fsp3) is 0.161. The van der Waals surface area contributed by atoms with E-state index in [1.165, 1.54) is 18.9 Å². The molecule has 0 bridgehead atoms. The summed E-state index contributed by atoms with van der Waals surface area (Å²) in [5.41, 5.74) is 2.21. The summed E-state index contributed by atoms with van der Waals surface area (Å²) in [6.07, 6.45) is 0. The lowest BCUT2D eigenvalue weighted by Crippen LogP contribution is -2.16. The smallest absolute Gasteiger partial charge is 0.341 e. The van der Waals surface area contributed by atoms with Crippen molar-refractivity contribution >= 4 is 63.2 Å². The number of carbonyl (C=O) groups is 4. The monoisotopic (exact) mass is 603 g/mol. The van der Waals surface area contributed by atoms with Crippen molar-refractivity contribution in [2.24, 2.45) is 0 Å². The largest absolute Gasteiger partial charge is 0.497 e. The number of nitrogens with one attached hydrogen (secondary N) is 3. The van der Waals surface area contributed by atoms with Crippen LogP contribution in [0.15, 0.2) is 83.8 Å². The van der Waals surface area contributed by atoms with Crippen molar-refractivity contribution < 1.29 is 28.7 Å². The number of thiophene rings is 1. The molecule has 0 radical (unpaired) electrons. The maximum atomic E-state index is 13.0. The SMILES string of the molecule is CCOC(=O)c1c(NC(=O)CSc2cccc(NC(=O)c3cccc(OC)c3)c2)sc(C(=O)Nc2ccccc2)c1C. The molecule has 0 atom stereocenters. The molecule has 0 aliphatic carbocycles. The first-order valence-corrected chi connectivity index (χ1v) is 14.7. The molecule has 11 heteroatoms. The van der Waals surface area contributed by atoms with E-state index in [4.69, 9.17) is 9.47 Å². The molecule has 1 heterocycles. The van der Waals surface area contributed by atoms with Crippen molar-refractivity contribution in [3.63, 3.8) is 0 Å².